The van der Waals surface area contributed by atoms with Crippen LogP contribution in [0.3, 0.4) is 0 Å². The van der Waals surface area contributed by atoms with Crippen LogP contribution in [0.1, 0.15) is 27.8 Å². The molecule has 0 spiro atoms. The zero-order valence-electron chi connectivity index (χ0n) is 36.6. The van der Waals surface area contributed by atoms with E-state index in [0.29, 0.717) is 11.5 Å². The molecule has 1 aromatic heterocycles. The third-order valence-corrected chi connectivity index (χ3v) is 12.3. The summed E-state index contributed by atoms with van der Waals surface area (Å²) < 4.78 is 0. The molecule has 4 nitrogen and oxygen atoms in total. The van der Waals surface area contributed by atoms with E-state index in [1.54, 1.807) is 0 Å². The van der Waals surface area contributed by atoms with Crippen LogP contribution in [0.15, 0.2) is 249 Å². The zero-order valence-corrected chi connectivity index (χ0v) is 36.6. The number of hydrogen-bond acceptors (Lipinski definition) is 4. The van der Waals surface area contributed by atoms with Crippen LogP contribution in [-0.2, 0) is 0 Å². The van der Waals surface area contributed by atoms with Crippen molar-refractivity contribution in [3.05, 3.63) is 277 Å². The molecule has 1 aliphatic heterocycles. The van der Waals surface area contributed by atoms with Crippen LogP contribution in [0.2, 0.25) is 0 Å². The molecule has 11 rings (SSSR count). The Kier molecular flexibility index (Phi) is 11.1. The first kappa shape index (κ1) is 40.8. The fraction of sp³-hybridized carbons (Fsp3) is 0. The molecule has 316 valence electrons. The Bertz CT molecular complexity index is 3400. The van der Waals surface area contributed by atoms with Crippen molar-refractivity contribution in [1.29, 1.82) is 5.41 Å². The number of allylic oxidation sites excluding steroid dienone is 1. The second kappa shape index (κ2) is 18.2. The summed E-state index contributed by atoms with van der Waals surface area (Å²) in [7, 11) is 0. The standard InChI is InChI=1S/C63H44N4/c64-61(48-30-17-6-18-31-48)60(47-28-15-5-16-29-47)62-56-40-50(34-35-51(56)41-57(65-62)45-24-11-3-12-25-45)49-32-19-33-52(36-49)63-66-58(46-26-13-4-14-27-46)42-59(67-63)55-38-53(43-20-7-1-8-21-43)37-54(39-55)44-22-9-2-10-23-44/h1-42,64-65H/b62-60-,64-61?. The van der Waals surface area contributed by atoms with Crippen molar-refractivity contribution >= 4 is 28.8 Å². The summed E-state index contributed by atoms with van der Waals surface area (Å²) in [4.78, 5) is 10.6. The highest BCUT2D eigenvalue weighted by Crippen LogP contribution is 2.40. The number of nitrogens with zero attached hydrogens (tertiary/aromatic N) is 2. The van der Waals surface area contributed by atoms with Gasteiger partial charge >= 0.3 is 0 Å². The molecule has 0 radical (unpaired) electrons. The van der Waals surface area contributed by atoms with E-state index in [9.17, 15) is 5.41 Å². The van der Waals surface area contributed by atoms with Gasteiger partial charge in [-0.1, -0.05) is 212 Å². The quantitative estimate of drug-likeness (QED) is 0.135. The van der Waals surface area contributed by atoms with Crippen molar-refractivity contribution in [2.75, 3.05) is 0 Å². The maximum absolute atomic E-state index is 9.75. The Labute approximate surface area is 391 Å². The van der Waals surface area contributed by atoms with E-state index in [2.05, 4.69) is 199 Å². The predicted molar refractivity (Wildman–Crippen MR) is 279 cm³/mol. The predicted octanol–water partition coefficient (Wildman–Crippen LogP) is 15.5. The maximum Gasteiger partial charge on any atom is 0.160 e. The fourth-order valence-corrected chi connectivity index (χ4v) is 8.90. The minimum absolute atomic E-state index is 0.443. The highest BCUT2D eigenvalue weighted by atomic mass is 14.9. The second-order valence-corrected chi connectivity index (χ2v) is 16.6. The van der Waals surface area contributed by atoms with Crippen LogP contribution in [0.5, 0.6) is 0 Å². The Hall–Kier alpha value is -8.99. The topological polar surface area (TPSA) is 61.7 Å². The first-order valence-corrected chi connectivity index (χ1v) is 22.6. The van der Waals surface area contributed by atoms with Gasteiger partial charge in [0.25, 0.3) is 0 Å². The van der Waals surface area contributed by atoms with Crippen LogP contribution in [0.25, 0.3) is 90.3 Å². The summed E-state index contributed by atoms with van der Waals surface area (Å²) in [6.45, 7) is 0. The highest BCUT2D eigenvalue weighted by Gasteiger charge is 2.25. The highest BCUT2D eigenvalue weighted by molar-refractivity contribution is 6.36. The third-order valence-electron chi connectivity index (χ3n) is 12.3. The average molecular weight is 857 g/mol. The summed E-state index contributed by atoms with van der Waals surface area (Å²) in [6.07, 6.45) is 2.21. The number of nitrogens with one attached hydrogen (secondary N) is 2. The van der Waals surface area contributed by atoms with Gasteiger partial charge in [-0.3, -0.25) is 5.41 Å². The van der Waals surface area contributed by atoms with Crippen LogP contribution in [-0.4, -0.2) is 15.7 Å². The summed E-state index contributed by atoms with van der Waals surface area (Å²) in [5, 5.41) is 13.6. The number of fused-ring (bicyclic) bond motifs is 1. The molecule has 67 heavy (non-hydrogen) atoms. The molecule has 2 heterocycles. The largest absolute Gasteiger partial charge is 0.354 e. The monoisotopic (exact) mass is 856 g/mol. The average Bonchev–Trinajstić information content (AvgIpc) is 3.42. The number of benzene rings is 9. The van der Waals surface area contributed by atoms with Crippen molar-refractivity contribution < 1.29 is 0 Å². The van der Waals surface area contributed by atoms with Crippen LogP contribution in [0.4, 0.5) is 0 Å². The molecule has 0 fully saturated rings. The summed E-state index contributed by atoms with van der Waals surface area (Å²) in [5.41, 5.74) is 19.3. The molecular weight excluding hydrogens is 813 g/mol. The molecule has 2 N–H and O–H groups in total. The molecule has 0 saturated heterocycles. The lowest BCUT2D eigenvalue weighted by Crippen LogP contribution is -2.20. The fourth-order valence-electron chi connectivity index (χ4n) is 8.90. The maximum atomic E-state index is 9.75. The van der Waals surface area contributed by atoms with Gasteiger partial charge in [-0.05, 0) is 92.5 Å². The van der Waals surface area contributed by atoms with E-state index in [-0.39, 0.29) is 0 Å². The van der Waals surface area contributed by atoms with E-state index in [1.807, 2.05) is 60.7 Å². The van der Waals surface area contributed by atoms with Crippen molar-refractivity contribution in [2.45, 2.75) is 0 Å². The Morgan fingerprint density at radius 3 is 1.39 bits per heavy atom. The van der Waals surface area contributed by atoms with Gasteiger partial charge in [-0.25, -0.2) is 9.97 Å². The summed E-state index contributed by atoms with van der Waals surface area (Å²) >= 11 is 0. The molecule has 0 unspecified atom stereocenters. The molecule has 4 heteroatoms. The number of rotatable bonds is 10. The van der Waals surface area contributed by atoms with Gasteiger partial charge in [0.2, 0.25) is 0 Å². The molecule has 0 atom stereocenters. The van der Waals surface area contributed by atoms with Gasteiger partial charge in [0, 0.05) is 39.1 Å². The van der Waals surface area contributed by atoms with E-state index < -0.39 is 0 Å². The Morgan fingerprint density at radius 2 is 0.791 bits per heavy atom. The molecule has 0 amide bonds. The van der Waals surface area contributed by atoms with E-state index in [4.69, 9.17) is 9.97 Å². The smallest absolute Gasteiger partial charge is 0.160 e. The second-order valence-electron chi connectivity index (χ2n) is 16.6. The summed E-state index contributed by atoms with van der Waals surface area (Å²) in [5.74, 6) is 0.642. The zero-order chi connectivity index (χ0) is 44.9. The van der Waals surface area contributed by atoms with E-state index in [1.165, 1.54) is 0 Å². The van der Waals surface area contributed by atoms with Crippen molar-refractivity contribution in [3.8, 4) is 67.3 Å². The Morgan fingerprint density at radius 1 is 0.343 bits per heavy atom. The Balaban J connectivity index is 1.06. The third kappa shape index (κ3) is 8.55. The first-order valence-electron chi connectivity index (χ1n) is 22.6. The van der Waals surface area contributed by atoms with Crippen molar-refractivity contribution in [3.63, 3.8) is 0 Å². The lowest BCUT2D eigenvalue weighted by Gasteiger charge is -2.27. The molecular formula is C63H44N4. The van der Waals surface area contributed by atoms with Crippen LogP contribution in [0, 0.1) is 5.41 Å². The van der Waals surface area contributed by atoms with Gasteiger partial charge < -0.3 is 5.32 Å². The van der Waals surface area contributed by atoms with Crippen molar-refractivity contribution in [2.24, 2.45) is 0 Å². The van der Waals surface area contributed by atoms with Gasteiger partial charge in [0.15, 0.2) is 5.82 Å². The molecule has 9 aromatic carbocycles. The molecule has 10 aromatic rings. The van der Waals surface area contributed by atoms with Gasteiger partial charge in [-0.2, -0.15) is 0 Å². The van der Waals surface area contributed by atoms with Gasteiger partial charge in [-0.15, -0.1) is 0 Å². The minimum Gasteiger partial charge on any atom is -0.354 e. The normalized spacial score (nSPS) is 12.6. The van der Waals surface area contributed by atoms with E-state index in [0.717, 1.165) is 106 Å². The molecule has 1 aliphatic rings. The summed E-state index contributed by atoms with van der Waals surface area (Å²) in [6, 6.07) is 86.1. The van der Waals surface area contributed by atoms with Crippen molar-refractivity contribution in [1.82, 2.24) is 15.3 Å². The van der Waals surface area contributed by atoms with Crippen LogP contribution < -0.4 is 5.32 Å². The minimum atomic E-state index is 0.443. The van der Waals surface area contributed by atoms with Crippen LogP contribution >= 0.6 is 0 Å². The molecule has 0 saturated carbocycles. The molecule has 0 aliphatic carbocycles. The van der Waals surface area contributed by atoms with Gasteiger partial charge in [0.05, 0.1) is 22.8 Å². The first-order chi connectivity index (χ1) is 33.1. The van der Waals surface area contributed by atoms with Gasteiger partial charge in [0.1, 0.15) is 0 Å². The lowest BCUT2D eigenvalue weighted by molar-refractivity contribution is 1.18. The van der Waals surface area contributed by atoms with E-state index >= 15 is 0 Å². The lowest BCUT2D eigenvalue weighted by atomic mass is 9.86. The molecule has 0 bridgehead atoms. The SMILES string of the molecule is N=C(/C(=C1\NC(c2ccccc2)=Cc2ccc(-c3cccc(-c4nc(-c5ccccc5)cc(-c5cc(-c6ccccc6)cc(-c6ccccc6)c5)n4)c3)cc21)c1ccccc1)c1ccccc1. The number of hydrogen-bond donors (Lipinski definition) is 2. The number of aromatic nitrogens is 2.